The van der Waals surface area contributed by atoms with Crippen molar-refractivity contribution in [1.29, 1.82) is 0 Å². The molecule has 0 bridgehead atoms. The second-order valence-electron chi connectivity index (χ2n) is 4.90. The summed E-state index contributed by atoms with van der Waals surface area (Å²) in [6.45, 7) is 2.77. The van der Waals surface area contributed by atoms with E-state index in [-0.39, 0.29) is 11.9 Å². The molecule has 1 fully saturated rings. The number of hydrogen-bond donors (Lipinski definition) is 1. The molecule has 5 nitrogen and oxygen atoms in total. The van der Waals surface area contributed by atoms with E-state index in [2.05, 4.69) is 5.32 Å². The Morgan fingerprint density at radius 1 is 1.40 bits per heavy atom. The minimum Gasteiger partial charge on any atom is -0.490 e. The lowest BCUT2D eigenvalue weighted by Gasteiger charge is -2.24. The summed E-state index contributed by atoms with van der Waals surface area (Å²) in [5.41, 5.74) is 0.609. The molecule has 20 heavy (non-hydrogen) atoms. The number of ether oxygens (including phenoxy) is 2. The van der Waals surface area contributed by atoms with Crippen LogP contribution in [-0.2, 0) is 4.74 Å². The molecule has 1 aromatic carbocycles. The molecule has 0 aliphatic carbocycles. The van der Waals surface area contributed by atoms with Crippen molar-refractivity contribution in [2.75, 3.05) is 40.5 Å². The molecule has 2 rings (SSSR count). The van der Waals surface area contributed by atoms with E-state index in [1.165, 1.54) is 0 Å². The molecule has 0 saturated carbocycles. The number of benzene rings is 1. The average molecular weight is 278 g/mol. The van der Waals surface area contributed by atoms with Crippen molar-refractivity contribution in [2.24, 2.45) is 0 Å². The Bertz CT molecular complexity index is 444. The first-order chi connectivity index (χ1) is 9.74. The summed E-state index contributed by atoms with van der Waals surface area (Å²) in [6, 6.07) is 7.62. The zero-order valence-electron chi connectivity index (χ0n) is 12.1. The Balaban J connectivity index is 2.08. The van der Waals surface area contributed by atoms with Crippen molar-refractivity contribution in [3.63, 3.8) is 0 Å². The number of para-hydroxylation sites is 1. The van der Waals surface area contributed by atoms with Gasteiger partial charge in [-0.15, -0.1) is 0 Å². The summed E-state index contributed by atoms with van der Waals surface area (Å²) in [5, 5.41) is 3.27. The van der Waals surface area contributed by atoms with Gasteiger partial charge in [0.25, 0.3) is 5.91 Å². The molecule has 1 atom stereocenters. The van der Waals surface area contributed by atoms with Gasteiger partial charge in [0.15, 0.2) is 0 Å². The largest absolute Gasteiger partial charge is 0.490 e. The Morgan fingerprint density at radius 2 is 2.20 bits per heavy atom. The first-order valence-corrected chi connectivity index (χ1v) is 6.92. The van der Waals surface area contributed by atoms with E-state index in [1.807, 2.05) is 31.3 Å². The molecule has 110 valence electrons. The number of hydrogen-bond acceptors (Lipinski definition) is 4. The molecule has 1 aliphatic rings. The van der Waals surface area contributed by atoms with Gasteiger partial charge < -0.3 is 19.7 Å². The lowest BCUT2D eigenvalue weighted by atomic mass is 10.1. The van der Waals surface area contributed by atoms with Crippen LogP contribution in [0.25, 0.3) is 0 Å². The Morgan fingerprint density at radius 3 is 2.90 bits per heavy atom. The standard InChI is InChI=1S/C15H22N2O3/c1-17(12-7-8-16-11-12)15(18)13-5-3-4-6-14(13)20-10-9-19-2/h3-6,12,16H,7-11H2,1-2H3. The molecule has 1 aromatic rings. The van der Waals surface area contributed by atoms with Crippen LogP contribution in [0, 0.1) is 0 Å². The highest BCUT2D eigenvalue weighted by atomic mass is 16.5. The minimum absolute atomic E-state index is 0.00622. The van der Waals surface area contributed by atoms with Crippen LogP contribution < -0.4 is 10.1 Å². The predicted octanol–water partition coefficient (Wildman–Crippen LogP) is 1.15. The van der Waals surface area contributed by atoms with Gasteiger partial charge in [-0.1, -0.05) is 12.1 Å². The maximum Gasteiger partial charge on any atom is 0.257 e. The van der Waals surface area contributed by atoms with Crippen LogP contribution in [0.1, 0.15) is 16.8 Å². The molecule has 0 radical (unpaired) electrons. The topological polar surface area (TPSA) is 50.8 Å². The fourth-order valence-electron chi connectivity index (χ4n) is 2.33. The zero-order chi connectivity index (χ0) is 14.4. The number of rotatable bonds is 6. The van der Waals surface area contributed by atoms with Crippen LogP contribution in [0.15, 0.2) is 24.3 Å². The second-order valence-corrected chi connectivity index (χ2v) is 4.90. The highest BCUT2D eigenvalue weighted by molar-refractivity contribution is 5.97. The van der Waals surface area contributed by atoms with Crippen LogP contribution in [-0.4, -0.2) is 57.3 Å². The van der Waals surface area contributed by atoms with Crippen LogP contribution in [0.2, 0.25) is 0 Å². The Kier molecular flexibility index (Phi) is 5.38. The molecule has 5 heteroatoms. The molecular formula is C15H22N2O3. The van der Waals surface area contributed by atoms with Gasteiger partial charge in [0.1, 0.15) is 12.4 Å². The van der Waals surface area contributed by atoms with E-state index in [0.717, 1.165) is 19.5 Å². The summed E-state index contributed by atoms with van der Waals surface area (Å²) in [4.78, 5) is 14.4. The van der Waals surface area contributed by atoms with Gasteiger partial charge in [0, 0.05) is 26.7 Å². The molecule has 1 aliphatic heterocycles. The quantitative estimate of drug-likeness (QED) is 0.793. The number of amides is 1. The Hall–Kier alpha value is -1.59. The molecule has 0 aromatic heterocycles. The van der Waals surface area contributed by atoms with Crippen molar-refractivity contribution >= 4 is 5.91 Å². The fourth-order valence-corrected chi connectivity index (χ4v) is 2.33. The lowest BCUT2D eigenvalue weighted by Crippen LogP contribution is -2.38. The number of nitrogens with zero attached hydrogens (tertiary/aromatic N) is 1. The maximum atomic E-state index is 12.6. The number of methoxy groups -OCH3 is 1. The number of carbonyl (C=O) groups excluding carboxylic acids is 1. The number of carbonyl (C=O) groups is 1. The summed E-state index contributed by atoms with van der Waals surface area (Å²) in [5.74, 6) is 0.624. The Labute approximate surface area is 119 Å². The van der Waals surface area contributed by atoms with Crippen molar-refractivity contribution < 1.29 is 14.3 Å². The third kappa shape index (κ3) is 3.49. The zero-order valence-corrected chi connectivity index (χ0v) is 12.1. The van der Waals surface area contributed by atoms with Gasteiger partial charge in [-0.05, 0) is 25.1 Å². The summed E-state index contributed by atoms with van der Waals surface area (Å²) in [6.07, 6.45) is 0.995. The third-order valence-corrected chi connectivity index (χ3v) is 3.56. The third-order valence-electron chi connectivity index (χ3n) is 3.56. The van der Waals surface area contributed by atoms with Gasteiger partial charge in [-0.25, -0.2) is 0 Å². The average Bonchev–Trinajstić information content (AvgIpc) is 3.01. The van der Waals surface area contributed by atoms with Gasteiger partial charge in [0.2, 0.25) is 0 Å². The fraction of sp³-hybridized carbons (Fsp3) is 0.533. The van der Waals surface area contributed by atoms with E-state index in [4.69, 9.17) is 9.47 Å². The predicted molar refractivity (Wildman–Crippen MR) is 77.2 cm³/mol. The number of likely N-dealkylation sites (N-methyl/N-ethyl adjacent to an activating group) is 1. The lowest BCUT2D eigenvalue weighted by molar-refractivity contribution is 0.0736. The van der Waals surface area contributed by atoms with Crippen molar-refractivity contribution in [3.05, 3.63) is 29.8 Å². The normalized spacial score (nSPS) is 18.0. The maximum absolute atomic E-state index is 12.6. The van der Waals surface area contributed by atoms with Gasteiger partial charge >= 0.3 is 0 Å². The van der Waals surface area contributed by atoms with Gasteiger partial charge in [0.05, 0.1) is 12.2 Å². The van der Waals surface area contributed by atoms with E-state index >= 15 is 0 Å². The summed E-state index contributed by atoms with van der Waals surface area (Å²) in [7, 11) is 3.48. The summed E-state index contributed by atoms with van der Waals surface area (Å²) < 4.78 is 10.6. The van der Waals surface area contributed by atoms with Gasteiger partial charge in [-0.2, -0.15) is 0 Å². The highest BCUT2D eigenvalue weighted by Crippen LogP contribution is 2.21. The first kappa shape index (κ1) is 14.8. The number of nitrogens with one attached hydrogen (secondary N) is 1. The minimum atomic E-state index is 0.00622. The van der Waals surface area contributed by atoms with Crippen LogP contribution in [0.4, 0.5) is 0 Å². The molecule has 0 spiro atoms. The smallest absolute Gasteiger partial charge is 0.257 e. The molecule has 1 amide bonds. The van der Waals surface area contributed by atoms with Crippen LogP contribution >= 0.6 is 0 Å². The van der Waals surface area contributed by atoms with E-state index in [0.29, 0.717) is 24.5 Å². The van der Waals surface area contributed by atoms with Gasteiger partial charge in [-0.3, -0.25) is 4.79 Å². The monoisotopic (exact) mass is 278 g/mol. The molecular weight excluding hydrogens is 256 g/mol. The van der Waals surface area contributed by atoms with Crippen LogP contribution in [0.5, 0.6) is 5.75 Å². The van der Waals surface area contributed by atoms with Crippen molar-refractivity contribution in [3.8, 4) is 5.75 Å². The first-order valence-electron chi connectivity index (χ1n) is 6.92. The van der Waals surface area contributed by atoms with Crippen molar-refractivity contribution in [2.45, 2.75) is 12.5 Å². The van der Waals surface area contributed by atoms with Crippen molar-refractivity contribution in [1.82, 2.24) is 10.2 Å². The SMILES string of the molecule is COCCOc1ccccc1C(=O)N(C)C1CCNC1. The molecule has 1 unspecified atom stereocenters. The summed E-state index contributed by atoms with van der Waals surface area (Å²) >= 11 is 0. The van der Waals surface area contributed by atoms with E-state index in [1.54, 1.807) is 12.0 Å². The van der Waals surface area contributed by atoms with E-state index < -0.39 is 0 Å². The van der Waals surface area contributed by atoms with E-state index in [9.17, 15) is 4.79 Å². The molecule has 1 N–H and O–H groups in total. The highest BCUT2D eigenvalue weighted by Gasteiger charge is 2.25. The molecule has 1 heterocycles. The molecule has 1 saturated heterocycles. The second kappa shape index (κ2) is 7.26. The van der Waals surface area contributed by atoms with Crippen LogP contribution in [0.3, 0.4) is 0 Å².